The molecule has 6 heteroatoms. The molecular formula is C10H8FN3O2. The second-order valence-electron chi connectivity index (χ2n) is 3.01. The number of nitrogen functional groups attached to an aromatic ring is 1. The number of halogens is 1. The van der Waals surface area contributed by atoms with Crippen molar-refractivity contribution < 1.29 is 9.13 Å². The molecule has 2 aromatic rings. The van der Waals surface area contributed by atoms with E-state index >= 15 is 0 Å². The summed E-state index contributed by atoms with van der Waals surface area (Å²) in [5.41, 5.74) is 4.80. The maximum absolute atomic E-state index is 12.9. The van der Waals surface area contributed by atoms with Crippen LogP contribution in [0.3, 0.4) is 0 Å². The van der Waals surface area contributed by atoms with Crippen molar-refractivity contribution in [3.63, 3.8) is 0 Å². The van der Waals surface area contributed by atoms with Gasteiger partial charge in [-0.2, -0.15) is 0 Å². The van der Waals surface area contributed by atoms with Gasteiger partial charge in [-0.3, -0.25) is 4.79 Å². The Labute approximate surface area is 89.7 Å². The first kappa shape index (κ1) is 10.2. The van der Waals surface area contributed by atoms with Crippen LogP contribution in [0.5, 0.6) is 11.6 Å². The normalized spacial score (nSPS) is 10.1. The van der Waals surface area contributed by atoms with Gasteiger partial charge in [-0.15, -0.1) is 0 Å². The lowest BCUT2D eigenvalue weighted by molar-refractivity contribution is 0.458. The number of rotatable bonds is 2. The highest BCUT2D eigenvalue weighted by Gasteiger charge is 2.07. The van der Waals surface area contributed by atoms with E-state index in [1.807, 2.05) is 0 Å². The van der Waals surface area contributed by atoms with Crippen LogP contribution in [-0.2, 0) is 0 Å². The molecule has 0 fully saturated rings. The van der Waals surface area contributed by atoms with Gasteiger partial charge in [0, 0.05) is 6.07 Å². The zero-order valence-electron chi connectivity index (χ0n) is 8.11. The fraction of sp³-hybridized carbons (Fsp3) is 0. The molecule has 0 aliphatic carbocycles. The van der Waals surface area contributed by atoms with E-state index in [0.717, 1.165) is 6.33 Å². The minimum Gasteiger partial charge on any atom is -0.437 e. The third-order valence-corrected chi connectivity index (χ3v) is 1.86. The molecule has 0 unspecified atom stereocenters. The van der Waals surface area contributed by atoms with Gasteiger partial charge in [-0.05, 0) is 12.1 Å². The largest absolute Gasteiger partial charge is 0.437 e. The molecule has 3 N–H and O–H groups in total. The number of H-pyrrole nitrogens is 1. The first-order valence-electron chi connectivity index (χ1n) is 4.43. The van der Waals surface area contributed by atoms with Crippen LogP contribution in [-0.4, -0.2) is 9.97 Å². The standard InChI is InChI=1S/C10H8FN3O2/c11-6-2-1-3-7(4-6)16-10-8(12)9(15)13-5-14-10/h1-5H,12H2,(H,13,14,15). The molecule has 82 valence electrons. The highest BCUT2D eigenvalue weighted by molar-refractivity contribution is 5.46. The molecule has 1 heterocycles. The van der Waals surface area contributed by atoms with Crippen molar-refractivity contribution >= 4 is 5.69 Å². The second kappa shape index (κ2) is 4.01. The third-order valence-electron chi connectivity index (χ3n) is 1.86. The van der Waals surface area contributed by atoms with Gasteiger partial charge in [0.2, 0.25) is 5.88 Å². The molecule has 0 radical (unpaired) electrons. The first-order chi connectivity index (χ1) is 7.66. The van der Waals surface area contributed by atoms with Gasteiger partial charge in [0.1, 0.15) is 11.6 Å². The summed E-state index contributed by atoms with van der Waals surface area (Å²) in [6.45, 7) is 0. The molecule has 16 heavy (non-hydrogen) atoms. The summed E-state index contributed by atoms with van der Waals surface area (Å²) in [6, 6.07) is 5.46. The highest BCUT2D eigenvalue weighted by Crippen LogP contribution is 2.22. The van der Waals surface area contributed by atoms with Crippen LogP contribution >= 0.6 is 0 Å². The molecule has 0 saturated heterocycles. The summed E-state index contributed by atoms with van der Waals surface area (Å²) < 4.78 is 18.0. The second-order valence-corrected chi connectivity index (χ2v) is 3.01. The number of aromatic amines is 1. The van der Waals surface area contributed by atoms with E-state index < -0.39 is 11.4 Å². The van der Waals surface area contributed by atoms with Crippen LogP contribution in [0.25, 0.3) is 0 Å². The van der Waals surface area contributed by atoms with Gasteiger partial charge < -0.3 is 15.5 Å². The average Bonchev–Trinajstić information content (AvgIpc) is 2.25. The maximum Gasteiger partial charge on any atom is 0.277 e. The molecular weight excluding hydrogens is 213 g/mol. The molecule has 0 aliphatic heterocycles. The Balaban J connectivity index is 2.34. The number of nitrogens with one attached hydrogen (secondary N) is 1. The van der Waals surface area contributed by atoms with E-state index in [-0.39, 0.29) is 17.3 Å². The number of aromatic nitrogens is 2. The number of ether oxygens (including phenoxy) is 1. The van der Waals surface area contributed by atoms with Crippen LogP contribution in [0.1, 0.15) is 0 Å². The Morgan fingerprint density at radius 3 is 3.00 bits per heavy atom. The smallest absolute Gasteiger partial charge is 0.277 e. The molecule has 0 aliphatic rings. The average molecular weight is 221 g/mol. The first-order valence-corrected chi connectivity index (χ1v) is 4.43. The lowest BCUT2D eigenvalue weighted by atomic mass is 10.3. The van der Waals surface area contributed by atoms with Crippen molar-refractivity contribution in [2.24, 2.45) is 0 Å². The highest BCUT2D eigenvalue weighted by atomic mass is 19.1. The van der Waals surface area contributed by atoms with Crippen LogP contribution < -0.4 is 16.0 Å². The zero-order chi connectivity index (χ0) is 11.5. The predicted octanol–water partition coefficient (Wildman–Crippen LogP) is 1.28. The molecule has 0 spiro atoms. The van der Waals surface area contributed by atoms with Crippen molar-refractivity contribution in [2.75, 3.05) is 5.73 Å². The van der Waals surface area contributed by atoms with E-state index in [2.05, 4.69) is 9.97 Å². The monoisotopic (exact) mass is 221 g/mol. The fourth-order valence-corrected chi connectivity index (χ4v) is 1.12. The van der Waals surface area contributed by atoms with Gasteiger partial charge in [0.25, 0.3) is 5.56 Å². The zero-order valence-corrected chi connectivity index (χ0v) is 8.11. The Morgan fingerprint density at radius 2 is 2.25 bits per heavy atom. The summed E-state index contributed by atoms with van der Waals surface area (Å²) in [6.07, 6.45) is 1.16. The summed E-state index contributed by atoms with van der Waals surface area (Å²) in [5.74, 6) is -0.264. The number of anilines is 1. The molecule has 0 amide bonds. The molecule has 1 aromatic carbocycles. The predicted molar refractivity (Wildman–Crippen MR) is 55.7 cm³/mol. The summed E-state index contributed by atoms with van der Waals surface area (Å²) in [4.78, 5) is 17.2. The van der Waals surface area contributed by atoms with Gasteiger partial charge >= 0.3 is 0 Å². The van der Waals surface area contributed by atoms with E-state index in [1.165, 1.54) is 24.3 Å². The molecule has 0 saturated carbocycles. The van der Waals surface area contributed by atoms with Crippen LogP contribution in [0, 0.1) is 5.82 Å². The van der Waals surface area contributed by atoms with Crippen molar-refractivity contribution in [1.29, 1.82) is 0 Å². The van der Waals surface area contributed by atoms with Gasteiger partial charge in [-0.25, -0.2) is 9.37 Å². The van der Waals surface area contributed by atoms with E-state index in [0.29, 0.717) is 0 Å². The van der Waals surface area contributed by atoms with Gasteiger partial charge in [0.05, 0.1) is 6.33 Å². The Kier molecular flexibility index (Phi) is 2.55. The van der Waals surface area contributed by atoms with E-state index in [9.17, 15) is 9.18 Å². The Bertz CT molecular complexity index is 568. The Morgan fingerprint density at radius 1 is 1.44 bits per heavy atom. The van der Waals surface area contributed by atoms with Gasteiger partial charge in [-0.1, -0.05) is 6.07 Å². The third kappa shape index (κ3) is 2.00. The fourth-order valence-electron chi connectivity index (χ4n) is 1.12. The van der Waals surface area contributed by atoms with Gasteiger partial charge in [0.15, 0.2) is 5.69 Å². The number of nitrogens with zero attached hydrogens (tertiary/aromatic N) is 1. The molecule has 5 nitrogen and oxygen atoms in total. The lowest BCUT2D eigenvalue weighted by Crippen LogP contribution is -2.13. The topological polar surface area (TPSA) is 81.0 Å². The van der Waals surface area contributed by atoms with Crippen LogP contribution in [0.4, 0.5) is 10.1 Å². The Hall–Kier alpha value is -2.37. The molecule has 1 aromatic heterocycles. The molecule has 2 rings (SSSR count). The molecule has 0 bridgehead atoms. The summed E-state index contributed by atoms with van der Waals surface area (Å²) in [7, 11) is 0. The SMILES string of the molecule is Nc1c(Oc2cccc(F)c2)nc[nH]c1=O. The van der Waals surface area contributed by atoms with Crippen molar-refractivity contribution in [1.82, 2.24) is 9.97 Å². The quantitative estimate of drug-likeness (QED) is 0.800. The van der Waals surface area contributed by atoms with Crippen molar-refractivity contribution in [2.45, 2.75) is 0 Å². The minimum atomic E-state index is -0.499. The minimum absolute atomic E-state index is 0.0469. The molecule has 0 atom stereocenters. The van der Waals surface area contributed by atoms with Crippen LogP contribution in [0.15, 0.2) is 35.4 Å². The van der Waals surface area contributed by atoms with E-state index in [4.69, 9.17) is 10.5 Å². The van der Waals surface area contributed by atoms with Crippen LogP contribution in [0.2, 0.25) is 0 Å². The summed E-state index contributed by atoms with van der Waals surface area (Å²) in [5, 5.41) is 0. The summed E-state index contributed by atoms with van der Waals surface area (Å²) >= 11 is 0. The van der Waals surface area contributed by atoms with Crippen molar-refractivity contribution in [3.05, 3.63) is 46.8 Å². The van der Waals surface area contributed by atoms with Crippen molar-refractivity contribution in [3.8, 4) is 11.6 Å². The number of hydrogen-bond donors (Lipinski definition) is 2. The number of nitrogens with two attached hydrogens (primary N) is 1. The number of benzene rings is 1. The maximum atomic E-state index is 12.9. The lowest BCUT2D eigenvalue weighted by Gasteiger charge is -2.05. The van der Waals surface area contributed by atoms with E-state index in [1.54, 1.807) is 0 Å². The number of hydrogen-bond acceptors (Lipinski definition) is 4.